The zero-order valence-corrected chi connectivity index (χ0v) is 18.6. The van der Waals surface area contributed by atoms with E-state index in [9.17, 15) is 15.0 Å². The number of carbonyl (C=O) groups is 1. The van der Waals surface area contributed by atoms with Crippen LogP contribution in [0.5, 0.6) is 11.5 Å². The summed E-state index contributed by atoms with van der Waals surface area (Å²) >= 11 is 0. The van der Waals surface area contributed by atoms with E-state index in [0.717, 1.165) is 41.5 Å². The van der Waals surface area contributed by atoms with Gasteiger partial charge in [0.1, 0.15) is 11.5 Å². The Balaban J connectivity index is 1.69. The number of fused-ring (bicyclic) bond motifs is 1. The van der Waals surface area contributed by atoms with Crippen LogP contribution in [0.15, 0.2) is 78.4 Å². The lowest BCUT2D eigenvalue weighted by Crippen LogP contribution is -2.15. The van der Waals surface area contributed by atoms with E-state index in [2.05, 4.69) is 24.3 Å². The van der Waals surface area contributed by atoms with Crippen LogP contribution >= 0.6 is 0 Å². The Hall–Kier alpha value is -3.33. The van der Waals surface area contributed by atoms with E-state index in [1.807, 2.05) is 43.3 Å². The van der Waals surface area contributed by atoms with E-state index in [0.29, 0.717) is 19.3 Å². The third kappa shape index (κ3) is 4.94. The minimum atomic E-state index is 0.0501. The molecule has 0 bridgehead atoms. The first-order chi connectivity index (χ1) is 15.5. The van der Waals surface area contributed by atoms with Crippen molar-refractivity contribution in [3.05, 3.63) is 101 Å². The summed E-state index contributed by atoms with van der Waals surface area (Å²) in [5.41, 5.74) is 5.74. The minimum Gasteiger partial charge on any atom is -0.508 e. The highest BCUT2D eigenvalue weighted by atomic mass is 16.3. The molecule has 0 amide bonds. The summed E-state index contributed by atoms with van der Waals surface area (Å²) in [6, 6.07) is 23.6. The Labute approximate surface area is 190 Å². The number of hydrogen-bond acceptors (Lipinski definition) is 3. The number of ketones is 1. The van der Waals surface area contributed by atoms with Gasteiger partial charge in [-0.2, -0.15) is 0 Å². The molecular formula is C29H30O3. The number of allylic oxidation sites excluding steroid dienone is 2. The fraction of sp³-hybridized carbons (Fsp3) is 0.276. The minimum absolute atomic E-state index is 0.0501. The Morgan fingerprint density at radius 2 is 1.47 bits per heavy atom. The molecule has 3 nitrogen and oxygen atoms in total. The third-order valence-corrected chi connectivity index (χ3v) is 6.59. The number of hydrogen-bond donors (Lipinski definition) is 2. The van der Waals surface area contributed by atoms with Crippen molar-refractivity contribution >= 4 is 11.4 Å². The highest BCUT2D eigenvalue weighted by molar-refractivity contribution is 6.03. The molecule has 0 heterocycles. The van der Waals surface area contributed by atoms with Crippen LogP contribution in [0.25, 0.3) is 5.57 Å². The number of rotatable bonds is 6. The van der Waals surface area contributed by atoms with Gasteiger partial charge in [-0.25, -0.2) is 0 Å². The summed E-state index contributed by atoms with van der Waals surface area (Å²) in [6.45, 7) is 1.94. The molecule has 0 radical (unpaired) electrons. The lowest BCUT2D eigenvalue weighted by molar-refractivity contribution is -0.115. The highest BCUT2D eigenvalue weighted by Crippen LogP contribution is 2.43. The molecule has 1 atom stereocenters. The number of aromatic hydroxyl groups is 2. The number of carbonyl (C=O) groups excluding carboxylic acids is 1. The van der Waals surface area contributed by atoms with Gasteiger partial charge in [-0.05, 0) is 78.8 Å². The second kappa shape index (κ2) is 9.86. The number of aryl methyl sites for hydroxylation is 2. The van der Waals surface area contributed by atoms with Crippen molar-refractivity contribution in [1.29, 1.82) is 0 Å². The molecule has 0 saturated heterocycles. The van der Waals surface area contributed by atoms with E-state index in [4.69, 9.17) is 0 Å². The third-order valence-electron chi connectivity index (χ3n) is 6.59. The molecule has 164 valence electrons. The monoisotopic (exact) mass is 426 g/mol. The number of Topliss-reactive ketones (excluding diaryl/α,β-unsaturated/α-hetero) is 1. The molecule has 3 aromatic carbocycles. The molecule has 32 heavy (non-hydrogen) atoms. The summed E-state index contributed by atoms with van der Waals surface area (Å²) in [4.78, 5) is 13.2. The van der Waals surface area contributed by atoms with Gasteiger partial charge in [0.05, 0.1) is 0 Å². The molecule has 0 fully saturated rings. The van der Waals surface area contributed by atoms with Crippen LogP contribution in [-0.4, -0.2) is 16.0 Å². The zero-order valence-electron chi connectivity index (χ0n) is 18.6. The Bertz CT molecular complexity index is 1110. The Morgan fingerprint density at radius 1 is 0.844 bits per heavy atom. The van der Waals surface area contributed by atoms with Crippen molar-refractivity contribution in [3.8, 4) is 11.5 Å². The molecule has 0 aliphatic heterocycles. The van der Waals surface area contributed by atoms with Gasteiger partial charge in [-0.15, -0.1) is 0 Å². The van der Waals surface area contributed by atoms with Gasteiger partial charge < -0.3 is 10.2 Å². The van der Waals surface area contributed by atoms with Crippen LogP contribution in [0.3, 0.4) is 0 Å². The van der Waals surface area contributed by atoms with Gasteiger partial charge in [0.2, 0.25) is 0 Å². The normalized spacial score (nSPS) is 18.7. The number of benzene rings is 3. The Kier molecular flexibility index (Phi) is 6.75. The summed E-state index contributed by atoms with van der Waals surface area (Å²) in [5, 5.41) is 21.1. The van der Waals surface area contributed by atoms with E-state index in [1.54, 1.807) is 6.07 Å². The Morgan fingerprint density at radius 3 is 2.12 bits per heavy atom. The van der Waals surface area contributed by atoms with E-state index < -0.39 is 0 Å². The molecular weight excluding hydrogens is 396 g/mol. The fourth-order valence-corrected chi connectivity index (χ4v) is 4.86. The molecule has 3 heteroatoms. The molecule has 1 unspecified atom stereocenters. The van der Waals surface area contributed by atoms with E-state index in [1.165, 1.54) is 17.2 Å². The maximum absolute atomic E-state index is 13.2. The largest absolute Gasteiger partial charge is 0.508 e. The van der Waals surface area contributed by atoms with Crippen molar-refractivity contribution in [2.75, 3.05) is 0 Å². The molecule has 1 aliphatic rings. The van der Waals surface area contributed by atoms with Crippen molar-refractivity contribution in [3.63, 3.8) is 0 Å². The molecule has 0 spiro atoms. The quantitative estimate of drug-likeness (QED) is 0.468. The second-order valence-corrected chi connectivity index (χ2v) is 8.70. The predicted molar refractivity (Wildman–Crippen MR) is 129 cm³/mol. The van der Waals surface area contributed by atoms with Crippen LogP contribution in [0.2, 0.25) is 0 Å². The van der Waals surface area contributed by atoms with Crippen LogP contribution in [-0.2, 0) is 17.6 Å². The average molecular weight is 427 g/mol. The molecule has 1 aliphatic carbocycles. The van der Waals surface area contributed by atoms with Gasteiger partial charge in [0.25, 0.3) is 0 Å². The van der Waals surface area contributed by atoms with Crippen molar-refractivity contribution in [2.24, 2.45) is 0 Å². The lowest BCUT2D eigenvalue weighted by Gasteiger charge is -2.26. The molecule has 4 rings (SSSR count). The highest BCUT2D eigenvalue weighted by Gasteiger charge is 2.27. The van der Waals surface area contributed by atoms with E-state index in [-0.39, 0.29) is 23.2 Å². The van der Waals surface area contributed by atoms with Gasteiger partial charge in [0, 0.05) is 18.1 Å². The maximum atomic E-state index is 13.2. The summed E-state index contributed by atoms with van der Waals surface area (Å²) in [7, 11) is 0. The van der Waals surface area contributed by atoms with E-state index >= 15 is 0 Å². The van der Waals surface area contributed by atoms with Crippen LogP contribution < -0.4 is 0 Å². The van der Waals surface area contributed by atoms with Gasteiger partial charge >= 0.3 is 0 Å². The first-order valence-corrected chi connectivity index (χ1v) is 11.4. The topological polar surface area (TPSA) is 57.5 Å². The number of phenolic OH excluding ortho intramolecular Hbond substituents is 2. The van der Waals surface area contributed by atoms with Crippen molar-refractivity contribution < 1.29 is 15.0 Å². The smallest absolute Gasteiger partial charge is 0.159 e. The average Bonchev–Trinajstić information content (AvgIpc) is 2.79. The van der Waals surface area contributed by atoms with Crippen LogP contribution in [0.4, 0.5) is 0 Å². The second-order valence-electron chi connectivity index (χ2n) is 8.70. The predicted octanol–water partition coefficient (Wildman–Crippen LogP) is 6.58. The summed E-state index contributed by atoms with van der Waals surface area (Å²) in [5.74, 6) is 0.379. The first kappa shape index (κ1) is 21.9. The molecule has 0 aromatic heterocycles. The standard InChI is InChI=1S/C29H30O3/c1-20-25(16-13-22-10-6-3-7-11-22)27(31)17-15-23(14-12-21-8-4-2-5-9-21)26-18-24(30)19-28(32)29(20)26/h2-11,18-19,23,30,32H,12-17H2,1H3/b25-20-. The summed E-state index contributed by atoms with van der Waals surface area (Å²) < 4.78 is 0. The van der Waals surface area contributed by atoms with Gasteiger partial charge in [0.15, 0.2) is 5.78 Å². The fourth-order valence-electron chi connectivity index (χ4n) is 4.86. The maximum Gasteiger partial charge on any atom is 0.159 e. The van der Waals surface area contributed by atoms with Crippen LogP contribution in [0.1, 0.15) is 60.8 Å². The van der Waals surface area contributed by atoms with Crippen molar-refractivity contribution in [1.82, 2.24) is 0 Å². The van der Waals surface area contributed by atoms with Gasteiger partial charge in [-0.3, -0.25) is 4.79 Å². The summed E-state index contributed by atoms with van der Waals surface area (Å²) in [6.07, 6.45) is 4.37. The first-order valence-electron chi connectivity index (χ1n) is 11.4. The lowest BCUT2D eigenvalue weighted by atomic mass is 9.78. The molecule has 3 aromatic rings. The number of phenols is 2. The SMILES string of the molecule is C/C1=C(\CCc2ccccc2)C(=O)CCC(CCc2ccccc2)c2cc(O)cc(O)c21. The molecule has 2 N–H and O–H groups in total. The van der Waals surface area contributed by atoms with Crippen molar-refractivity contribution in [2.45, 2.75) is 51.4 Å². The molecule has 0 saturated carbocycles. The van der Waals surface area contributed by atoms with Crippen LogP contribution in [0, 0.1) is 0 Å². The zero-order chi connectivity index (χ0) is 22.5. The van der Waals surface area contributed by atoms with Gasteiger partial charge in [-0.1, -0.05) is 60.7 Å².